The summed E-state index contributed by atoms with van der Waals surface area (Å²) in [6.45, 7) is 1.51. The highest BCUT2D eigenvalue weighted by Gasteiger charge is 2.37. The molecule has 0 aromatic rings. The van der Waals surface area contributed by atoms with E-state index in [-0.39, 0.29) is 10.3 Å². The van der Waals surface area contributed by atoms with Gasteiger partial charge in [-0.3, -0.25) is 10.8 Å². The van der Waals surface area contributed by atoms with Crippen LogP contribution in [0, 0.1) is 10.8 Å². The minimum atomic E-state index is -2.67. The molecule has 0 aliphatic carbocycles. The Bertz CT molecular complexity index is 339. The number of unbranched alkanes of at least 4 members (excludes halogenated alkanes) is 2. The zero-order chi connectivity index (χ0) is 13.6. The van der Waals surface area contributed by atoms with Gasteiger partial charge in [-0.2, -0.15) is 0 Å². The molecule has 0 bridgehead atoms. The molecule has 0 saturated carbocycles. The second kappa shape index (κ2) is 6.70. The summed E-state index contributed by atoms with van der Waals surface area (Å²) in [6, 6.07) is 0. The standard InChI is InChI=1S/C10H24N4S3/c1-3-5-7-17(15,10(13)14,8-6-4-2)16-9(11)12/h3-8H2,1-2H3,(H3,11,12)(H3,13,14). The molecule has 0 aromatic carbocycles. The predicted octanol–water partition coefficient (Wildman–Crippen LogP) is 2.17. The largest absolute Gasteiger partial charge is 0.379 e. The molecule has 0 radical (unpaired) electrons. The van der Waals surface area contributed by atoms with Gasteiger partial charge in [0.05, 0.1) is 0 Å². The molecule has 0 saturated heterocycles. The zero-order valence-electron chi connectivity index (χ0n) is 10.6. The van der Waals surface area contributed by atoms with Crippen molar-refractivity contribution in [3.8, 4) is 0 Å². The van der Waals surface area contributed by atoms with Gasteiger partial charge in [-0.05, 0) is 35.1 Å². The summed E-state index contributed by atoms with van der Waals surface area (Å²) in [7, 11) is 1.17. The molecule has 4 nitrogen and oxygen atoms in total. The molecular weight excluding hydrogens is 272 g/mol. The molecule has 0 unspecified atom stereocenters. The van der Waals surface area contributed by atoms with Crippen LogP contribution in [-0.4, -0.2) is 21.8 Å². The molecule has 0 heterocycles. The van der Waals surface area contributed by atoms with E-state index in [1.165, 1.54) is 10.8 Å². The second-order valence-corrected chi connectivity index (χ2v) is 14.3. The van der Waals surface area contributed by atoms with Crippen LogP contribution in [0.25, 0.3) is 0 Å². The lowest BCUT2D eigenvalue weighted by Crippen LogP contribution is -2.48. The lowest BCUT2D eigenvalue weighted by molar-refractivity contribution is 0.873. The Morgan fingerprint density at radius 2 is 1.53 bits per heavy atom. The third-order valence-corrected chi connectivity index (χ3v) is 11.8. The summed E-state index contributed by atoms with van der Waals surface area (Å²) in [6.07, 6.45) is 3.91. The first kappa shape index (κ1) is 16.9. The van der Waals surface area contributed by atoms with Crippen molar-refractivity contribution in [1.82, 2.24) is 0 Å². The van der Waals surface area contributed by atoms with Crippen LogP contribution in [0.4, 0.5) is 0 Å². The minimum absolute atomic E-state index is 0.00981. The Hall–Kier alpha value is -0.140. The summed E-state index contributed by atoms with van der Waals surface area (Å²) in [5.74, 6) is 1.45. The topological polar surface area (TPSA) is 99.7 Å². The van der Waals surface area contributed by atoms with Gasteiger partial charge in [0.2, 0.25) is 0 Å². The number of amidine groups is 2. The molecule has 7 heteroatoms. The van der Waals surface area contributed by atoms with E-state index in [2.05, 4.69) is 13.8 Å². The Morgan fingerprint density at radius 3 is 1.76 bits per heavy atom. The Kier molecular flexibility index (Phi) is 6.65. The highest BCUT2D eigenvalue weighted by Crippen LogP contribution is 2.42. The van der Waals surface area contributed by atoms with E-state index in [0.29, 0.717) is 0 Å². The maximum absolute atomic E-state index is 7.90. The fraction of sp³-hybridized carbons (Fsp3) is 0.800. The van der Waals surface area contributed by atoms with E-state index in [4.69, 9.17) is 33.5 Å². The first-order valence-electron chi connectivity index (χ1n) is 5.81. The van der Waals surface area contributed by atoms with Crippen LogP contribution in [0.5, 0.6) is 0 Å². The first-order valence-corrected chi connectivity index (χ1v) is 10.4. The maximum atomic E-state index is 7.90. The van der Waals surface area contributed by atoms with Gasteiger partial charge >= 0.3 is 0 Å². The van der Waals surface area contributed by atoms with Gasteiger partial charge < -0.3 is 11.5 Å². The van der Waals surface area contributed by atoms with E-state index >= 15 is 0 Å². The number of rotatable bonds is 6. The highest BCUT2D eigenvalue weighted by molar-refractivity contribution is 9.07. The lowest BCUT2D eigenvalue weighted by atomic mass is 10.4. The lowest BCUT2D eigenvalue weighted by Gasteiger charge is -2.43. The van der Waals surface area contributed by atoms with Gasteiger partial charge in [0.15, 0.2) is 5.17 Å². The molecule has 0 aliphatic heterocycles. The summed E-state index contributed by atoms with van der Waals surface area (Å²) in [4.78, 5) is 0. The van der Waals surface area contributed by atoms with Crippen molar-refractivity contribution in [2.24, 2.45) is 11.5 Å². The summed E-state index contributed by atoms with van der Waals surface area (Å²) in [5.41, 5.74) is 11.3. The van der Waals surface area contributed by atoms with E-state index in [9.17, 15) is 0 Å². The van der Waals surface area contributed by atoms with Crippen LogP contribution in [0.3, 0.4) is 0 Å². The number of hydrogen-bond acceptors (Lipinski definition) is 4. The fourth-order valence-electron chi connectivity index (χ4n) is 1.53. The minimum Gasteiger partial charge on any atom is -0.379 e. The number of nitrogens with two attached hydrogens (primary N) is 2. The molecule has 0 amide bonds. The normalized spacial score (nSPS) is 13.9. The Morgan fingerprint density at radius 1 is 1.12 bits per heavy atom. The van der Waals surface area contributed by atoms with Crippen LogP contribution < -0.4 is 11.5 Å². The highest BCUT2D eigenvalue weighted by atomic mass is 33.4. The van der Waals surface area contributed by atoms with Gasteiger partial charge in [0.1, 0.15) is 5.17 Å². The third kappa shape index (κ3) is 4.56. The SMILES string of the molecule is CCCCS(=S)(CCCC)(SC(=N)N)C(=N)N. The fourth-order valence-corrected chi connectivity index (χ4v) is 8.69. The number of hydrogen-bond donors (Lipinski definition) is 4. The van der Waals surface area contributed by atoms with E-state index < -0.39 is 6.75 Å². The quantitative estimate of drug-likeness (QED) is 0.343. The van der Waals surface area contributed by atoms with Gasteiger partial charge in [-0.15, -0.1) is 0 Å². The van der Waals surface area contributed by atoms with Crippen molar-refractivity contribution in [2.45, 2.75) is 39.5 Å². The van der Waals surface area contributed by atoms with Crippen LogP contribution in [0.15, 0.2) is 0 Å². The summed E-state index contributed by atoms with van der Waals surface area (Å²) < 4.78 is 0. The molecule has 0 fully saturated rings. The van der Waals surface area contributed by atoms with Crippen molar-refractivity contribution in [3.05, 3.63) is 0 Å². The molecule has 6 N–H and O–H groups in total. The second-order valence-electron chi connectivity index (χ2n) is 4.13. The third-order valence-electron chi connectivity index (χ3n) is 2.60. The van der Waals surface area contributed by atoms with Crippen molar-refractivity contribution in [3.63, 3.8) is 0 Å². The molecule has 0 aliphatic rings. The Labute approximate surface area is 112 Å². The number of nitrogens with one attached hydrogen (secondary N) is 2. The molecular formula is C10H24N4S3. The maximum Gasteiger partial charge on any atom is 0.161 e. The van der Waals surface area contributed by atoms with Crippen LogP contribution >= 0.6 is 10.8 Å². The van der Waals surface area contributed by atoms with Crippen molar-refractivity contribution in [2.75, 3.05) is 11.5 Å². The van der Waals surface area contributed by atoms with Crippen LogP contribution in [0.2, 0.25) is 0 Å². The average molecular weight is 297 g/mol. The molecule has 102 valence electrons. The van der Waals surface area contributed by atoms with Crippen LogP contribution in [0.1, 0.15) is 39.5 Å². The summed E-state index contributed by atoms with van der Waals surface area (Å²) in [5, 5.41) is 15.4. The van der Waals surface area contributed by atoms with Gasteiger partial charge in [-0.1, -0.05) is 44.6 Å². The molecule has 17 heavy (non-hydrogen) atoms. The van der Waals surface area contributed by atoms with Crippen molar-refractivity contribution >= 4 is 39.1 Å². The van der Waals surface area contributed by atoms with Gasteiger partial charge in [0.25, 0.3) is 0 Å². The van der Waals surface area contributed by atoms with Crippen molar-refractivity contribution < 1.29 is 0 Å². The monoisotopic (exact) mass is 296 g/mol. The zero-order valence-corrected chi connectivity index (χ0v) is 13.1. The molecule has 0 atom stereocenters. The molecule has 0 spiro atoms. The van der Waals surface area contributed by atoms with E-state index in [0.717, 1.165) is 37.2 Å². The average Bonchev–Trinajstić information content (AvgIpc) is 2.23. The predicted molar refractivity (Wildman–Crippen MR) is 85.7 cm³/mol. The molecule has 0 rings (SSSR count). The van der Waals surface area contributed by atoms with Crippen molar-refractivity contribution in [1.29, 1.82) is 10.8 Å². The Balaban J connectivity index is 5.28. The smallest absolute Gasteiger partial charge is 0.161 e. The van der Waals surface area contributed by atoms with Gasteiger partial charge in [-0.25, -0.2) is 0 Å². The molecule has 0 aromatic heterocycles. The van der Waals surface area contributed by atoms with Crippen LogP contribution in [-0.2, 0) is 17.9 Å². The van der Waals surface area contributed by atoms with E-state index in [1.54, 1.807) is 0 Å². The first-order chi connectivity index (χ1) is 7.79. The van der Waals surface area contributed by atoms with E-state index in [1.807, 2.05) is 0 Å². The summed E-state index contributed by atoms with van der Waals surface area (Å²) >= 11 is 5.80. The van der Waals surface area contributed by atoms with Gasteiger partial charge in [0, 0.05) is 0 Å².